The molecule has 3 rings (SSSR count). The Morgan fingerprint density at radius 1 is 1.17 bits per heavy atom. The van der Waals surface area contributed by atoms with Gasteiger partial charge in [0.2, 0.25) is 5.88 Å². The maximum atomic E-state index is 5.35. The van der Waals surface area contributed by atoms with Gasteiger partial charge in [0, 0.05) is 23.9 Å². The van der Waals surface area contributed by atoms with E-state index < -0.39 is 0 Å². The Morgan fingerprint density at radius 3 is 2.61 bits per heavy atom. The average molecular weight is 309 g/mol. The van der Waals surface area contributed by atoms with Crippen molar-refractivity contribution in [1.29, 1.82) is 0 Å². The van der Waals surface area contributed by atoms with Crippen molar-refractivity contribution in [2.45, 2.75) is 20.4 Å². The van der Waals surface area contributed by atoms with Crippen molar-refractivity contribution >= 4 is 5.69 Å². The summed E-state index contributed by atoms with van der Waals surface area (Å²) in [4.78, 5) is 4.39. The summed E-state index contributed by atoms with van der Waals surface area (Å²) in [6, 6.07) is 12.2. The molecule has 0 radical (unpaired) electrons. The van der Waals surface area contributed by atoms with Crippen LogP contribution in [0.15, 0.2) is 47.1 Å². The van der Waals surface area contributed by atoms with E-state index in [-0.39, 0.29) is 0 Å². The Labute approximate surface area is 135 Å². The van der Waals surface area contributed by atoms with Crippen molar-refractivity contribution in [3.63, 3.8) is 0 Å². The minimum absolute atomic E-state index is 0.566. The number of benzene rings is 1. The van der Waals surface area contributed by atoms with Crippen LogP contribution in [0, 0.1) is 13.8 Å². The van der Waals surface area contributed by atoms with Gasteiger partial charge in [-0.3, -0.25) is 0 Å². The number of nitrogens with zero attached hydrogens (tertiary/aromatic N) is 2. The molecule has 5 heteroatoms. The Bertz CT molecular complexity index is 778. The van der Waals surface area contributed by atoms with E-state index in [0.717, 1.165) is 28.3 Å². The first-order valence-electron chi connectivity index (χ1n) is 7.44. The van der Waals surface area contributed by atoms with Gasteiger partial charge >= 0.3 is 0 Å². The standard InChI is InChI=1S/C18H19N3O2/c1-12-17(13(2)23-21-12)15-9-16(18(22-3)20-11-15)19-10-14-7-5-4-6-8-14/h4-9,11,19H,10H2,1-3H3. The highest BCUT2D eigenvalue weighted by atomic mass is 16.5. The Hall–Kier alpha value is -2.82. The van der Waals surface area contributed by atoms with Gasteiger partial charge < -0.3 is 14.6 Å². The number of hydrogen-bond donors (Lipinski definition) is 1. The molecule has 1 aromatic carbocycles. The quantitative estimate of drug-likeness (QED) is 0.772. The maximum Gasteiger partial charge on any atom is 0.237 e. The Kier molecular flexibility index (Phi) is 4.28. The van der Waals surface area contributed by atoms with Crippen molar-refractivity contribution in [3.05, 3.63) is 59.6 Å². The molecule has 2 heterocycles. The molecule has 0 aliphatic heterocycles. The van der Waals surface area contributed by atoms with Gasteiger partial charge in [0.25, 0.3) is 0 Å². The first kappa shape index (κ1) is 15.1. The lowest BCUT2D eigenvalue weighted by atomic mass is 10.1. The third-order valence-electron chi connectivity index (χ3n) is 3.69. The number of methoxy groups -OCH3 is 1. The van der Waals surface area contributed by atoms with E-state index in [0.29, 0.717) is 12.4 Å². The minimum atomic E-state index is 0.566. The molecule has 118 valence electrons. The van der Waals surface area contributed by atoms with Crippen molar-refractivity contribution in [3.8, 4) is 17.0 Å². The molecule has 3 aromatic rings. The fourth-order valence-electron chi connectivity index (χ4n) is 2.57. The van der Waals surface area contributed by atoms with Crippen molar-refractivity contribution < 1.29 is 9.26 Å². The van der Waals surface area contributed by atoms with Gasteiger partial charge in [0.05, 0.1) is 18.5 Å². The van der Waals surface area contributed by atoms with E-state index in [1.54, 1.807) is 13.3 Å². The van der Waals surface area contributed by atoms with Gasteiger partial charge in [-0.1, -0.05) is 35.5 Å². The summed E-state index contributed by atoms with van der Waals surface area (Å²) < 4.78 is 10.6. The van der Waals surface area contributed by atoms with Crippen LogP contribution in [0.1, 0.15) is 17.0 Å². The number of aryl methyl sites for hydroxylation is 2. The molecule has 0 unspecified atom stereocenters. The number of pyridine rings is 1. The smallest absolute Gasteiger partial charge is 0.237 e. The lowest BCUT2D eigenvalue weighted by Crippen LogP contribution is -2.03. The SMILES string of the molecule is COc1ncc(-c2c(C)noc2C)cc1NCc1ccccc1. The Balaban J connectivity index is 1.91. The number of nitrogens with one attached hydrogen (secondary N) is 1. The van der Waals surface area contributed by atoms with Gasteiger partial charge in [0.1, 0.15) is 5.76 Å². The largest absolute Gasteiger partial charge is 0.480 e. The minimum Gasteiger partial charge on any atom is -0.480 e. The van der Waals surface area contributed by atoms with Crippen LogP contribution in [-0.2, 0) is 6.54 Å². The lowest BCUT2D eigenvalue weighted by Gasteiger charge is -2.12. The summed E-state index contributed by atoms with van der Waals surface area (Å²) in [7, 11) is 1.62. The van der Waals surface area contributed by atoms with E-state index in [9.17, 15) is 0 Å². The molecular weight excluding hydrogens is 290 g/mol. The summed E-state index contributed by atoms with van der Waals surface area (Å²) >= 11 is 0. The molecule has 0 saturated carbocycles. The monoisotopic (exact) mass is 309 g/mol. The molecule has 0 atom stereocenters. The lowest BCUT2D eigenvalue weighted by molar-refractivity contribution is 0.393. The van der Waals surface area contributed by atoms with Crippen LogP contribution in [0.4, 0.5) is 5.69 Å². The van der Waals surface area contributed by atoms with Crippen molar-refractivity contribution in [1.82, 2.24) is 10.1 Å². The molecule has 0 saturated heterocycles. The van der Waals surface area contributed by atoms with E-state index in [2.05, 4.69) is 27.6 Å². The topological polar surface area (TPSA) is 60.2 Å². The predicted octanol–water partition coefficient (Wildman–Crippen LogP) is 3.97. The first-order chi connectivity index (χ1) is 11.2. The molecule has 2 aromatic heterocycles. The van der Waals surface area contributed by atoms with Crippen LogP contribution < -0.4 is 10.1 Å². The fourth-order valence-corrected chi connectivity index (χ4v) is 2.57. The second kappa shape index (κ2) is 6.52. The summed E-state index contributed by atoms with van der Waals surface area (Å²) in [5.41, 5.74) is 4.81. The van der Waals surface area contributed by atoms with Gasteiger partial charge in [-0.2, -0.15) is 0 Å². The number of anilines is 1. The molecule has 1 N–H and O–H groups in total. The van der Waals surface area contributed by atoms with E-state index in [4.69, 9.17) is 9.26 Å². The van der Waals surface area contributed by atoms with Crippen LogP contribution in [0.25, 0.3) is 11.1 Å². The van der Waals surface area contributed by atoms with Crippen LogP contribution in [-0.4, -0.2) is 17.3 Å². The van der Waals surface area contributed by atoms with E-state index >= 15 is 0 Å². The van der Waals surface area contributed by atoms with Gasteiger partial charge in [0.15, 0.2) is 0 Å². The van der Waals surface area contributed by atoms with E-state index in [1.807, 2.05) is 38.1 Å². The molecule has 0 aliphatic rings. The molecule has 0 amide bonds. The highest BCUT2D eigenvalue weighted by Crippen LogP contribution is 2.32. The molecular formula is C18H19N3O2. The zero-order chi connectivity index (χ0) is 16.2. The van der Waals surface area contributed by atoms with Gasteiger partial charge in [-0.15, -0.1) is 0 Å². The van der Waals surface area contributed by atoms with Crippen LogP contribution in [0.5, 0.6) is 5.88 Å². The third kappa shape index (κ3) is 3.18. The molecule has 23 heavy (non-hydrogen) atoms. The van der Waals surface area contributed by atoms with Gasteiger partial charge in [-0.05, 0) is 25.5 Å². The second-order valence-corrected chi connectivity index (χ2v) is 5.32. The number of rotatable bonds is 5. The van der Waals surface area contributed by atoms with Crippen LogP contribution in [0.2, 0.25) is 0 Å². The summed E-state index contributed by atoms with van der Waals surface area (Å²) in [5.74, 6) is 1.35. The molecule has 0 bridgehead atoms. The van der Waals surface area contributed by atoms with Crippen LogP contribution in [0.3, 0.4) is 0 Å². The fraction of sp³-hybridized carbons (Fsp3) is 0.222. The number of ether oxygens (including phenoxy) is 1. The third-order valence-corrected chi connectivity index (χ3v) is 3.69. The average Bonchev–Trinajstić information content (AvgIpc) is 2.92. The van der Waals surface area contributed by atoms with Crippen LogP contribution >= 0.6 is 0 Å². The predicted molar refractivity (Wildman–Crippen MR) is 89.5 cm³/mol. The molecule has 0 spiro atoms. The second-order valence-electron chi connectivity index (χ2n) is 5.32. The number of aromatic nitrogens is 2. The van der Waals surface area contributed by atoms with Crippen molar-refractivity contribution in [2.75, 3.05) is 12.4 Å². The molecule has 5 nitrogen and oxygen atoms in total. The molecule has 0 aliphatic carbocycles. The summed E-state index contributed by atoms with van der Waals surface area (Å²) in [5, 5.41) is 7.39. The van der Waals surface area contributed by atoms with E-state index in [1.165, 1.54) is 5.56 Å². The number of hydrogen-bond acceptors (Lipinski definition) is 5. The summed E-state index contributed by atoms with van der Waals surface area (Å²) in [6.07, 6.45) is 1.78. The first-order valence-corrected chi connectivity index (χ1v) is 7.44. The maximum absolute atomic E-state index is 5.35. The zero-order valence-electron chi connectivity index (χ0n) is 13.5. The summed E-state index contributed by atoms with van der Waals surface area (Å²) in [6.45, 7) is 4.52. The van der Waals surface area contributed by atoms with Gasteiger partial charge in [-0.25, -0.2) is 4.98 Å². The normalized spacial score (nSPS) is 10.6. The van der Waals surface area contributed by atoms with Crippen molar-refractivity contribution in [2.24, 2.45) is 0 Å². The highest BCUT2D eigenvalue weighted by molar-refractivity contribution is 5.72. The highest BCUT2D eigenvalue weighted by Gasteiger charge is 2.14. The Morgan fingerprint density at radius 2 is 1.96 bits per heavy atom. The molecule has 0 fully saturated rings. The zero-order valence-corrected chi connectivity index (χ0v) is 13.5.